The van der Waals surface area contributed by atoms with E-state index in [1.54, 1.807) is 0 Å². The molecule has 0 N–H and O–H groups in total. The van der Waals surface area contributed by atoms with E-state index in [-0.39, 0.29) is 5.41 Å². The molecule has 0 bridgehead atoms. The summed E-state index contributed by atoms with van der Waals surface area (Å²) in [5.74, 6) is 0. The van der Waals surface area contributed by atoms with Crippen LogP contribution in [0.5, 0.6) is 0 Å². The van der Waals surface area contributed by atoms with Gasteiger partial charge in [0, 0.05) is 0 Å². The zero-order chi connectivity index (χ0) is 9.78. The van der Waals surface area contributed by atoms with Crippen molar-refractivity contribution < 1.29 is 0 Å². The summed E-state index contributed by atoms with van der Waals surface area (Å²) in [5.41, 5.74) is 2.76. The minimum Gasteiger partial charge on any atom is -0.105 e. The average molecular weight is 162 g/mol. The SMILES string of the molecule is BC(=C)/C=C\C=C(/C)C(C)(C)C. The fourth-order valence-electron chi connectivity index (χ4n) is 0.607. The van der Waals surface area contributed by atoms with Crippen LogP contribution in [0.3, 0.4) is 0 Å². The lowest BCUT2D eigenvalue weighted by Gasteiger charge is -2.18. The molecule has 0 nitrogen and oxygen atoms in total. The van der Waals surface area contributed by atoms with Gasteiger partial charge < -0.3 is 0 Å². The van der Waals surface area contributed by atoms with Crippen LogP contribution in [0.4, 0.5) is 0 Å². The van der Waals surface area contributed by atoms with E-state index in [0.29, 0.717) is 0 Å². The van der Waals surface area contributed by atoms with Crippen molar-refractivity contribution in [3.05, 3.63) is 35.9 Å². The van der Waals surface area contributed by atoms with Crippen molar-refractivity contribution >= 4 is 7.85 Å². The van der Waals surface area contributed by atoms with Crippen molar-refractivity contribution in [3.8, 4) is 0 Å². The van der Waals surface area contributed by atoms with Gasteiger partial charge in [-0.2, -0.15) is 0 Å². The predicted octanol–water partition coefficient (Wildman–Crippen LogP) is 2.68. The molecule has 0 radical (unpaired) electrons. The maximum absolute atomic E-state index is 3.80. The molecule has 0 aromatic rings. The largest absolute Gasteiger partial charge is 0.138 e. The molecule has 12 heavy (non-hydrogen) atoms. The van der Waals surface area contributed by atoms with E-state index in [9.17, 15) is 0 Å². The van der Waals surface area contributed by atoms with E-state index >= 15 is 0 Å². The lowest BCUT2D eigenvalue weighted by atomic mass is 9.87. The molecule has 0 saturated carbocycles. The highest BCUT2D eigenvalue weighted by atomic mass is 14.2. The summed E-state index contributed by atoms with van der Waals surface area (Å²) in [6, 6.07) is 0. The highest BCUT2D eigenvalue weighted by Gasteiger charge is 2.10. The third kappa shape index (κ3) is 5.00. The van der Waals surface area contributed by atoms with Gasteiger partial charge in [0.25, 0.3) is 0 Å². The quantitative estimate of drug-likeness (QED) is 0.432. The first-order valence-corrected chi connectivity index (χ1v) is 4.35. The summed E-state index contributed by atoms with van der Waals surface area (Å²) < 4.78 is 0. The number of rotatable bonds is 2. The average Bonchev–Trinajstić information content (AvgIpc) is 1.84. The molecule has 0 aliphatic heterocycles. The monoisotopic (exact) mass is 162 g/mol. The Kier molecular flexibility index (Phi) is 4.09. The summed E-state index contributed by atoms with van der Waals surface area (Å²) in [6.07, 6.45) is 6.23. The molecule has 0 fully saturated rings. The van der Waals surface area contributed by atoms with E-state index in [2.05, 4.69) is 46.4 Å². The Hall–Kier alpha value is -0.715. The number of allylic oxidation sites excluding steroid dienone is 5. The summed E-state index contributed by atoms with van der Waals surface area (Å²) in [7, 11) is 2.00. The second-order valence-electron chi connectivity index (χ2n) is 4.31. The van der Waals surface area contributed by atoms with Gasteiger partial charge >= 0.3 is 0 Å². The van der Waals surface area contributed by atoms with Gasteiger partial charge in [-0.25, -0.2) is 0 Å². The Balaban J connectivity index is 4.29. The summed E-state index contributed by atoms with van der Waals surface area (Å²) in [4.78, 5) is 0. The van der Waals surface area contributed by atoms with Crippen LogP contribution in [0.25, 0.3) is 0 Å². The van der Waals surface area contributed by atoms with Crippen molar-refractivity contribution in [2.24, 2.45) is 5.41 Å². The summed E-state index contributed by atoms with van der Waals surface area (Å²) >= 11 is 0. The van der Waals surface area contributed by atoms with Gasteiger partial charge in [-0.3, -0.25) is 0 Å². The second kappa shape index (κ2) is 4.35. The molecule has 0 aliphatic rings. The van der Waals surface area contributed by atoms with Gasteiger partial charge in [0.1, 0.15) is 7.85 Å². The second-order valence-corrected chi connectivity index (χ2v) is 4.31. The molecule has 0 rings (SSSR count). The molecule has 0 aromatic carbocycles. The Bertz CT molecular complexity index is 214. The lowest BCUT2D eigenvalue weighted by molar-refractivity contribution is 0.504. The first-order valence-electron chi connectivity index (χ1n) is 4.35. The minimum atomic E-state index is 0.277. The molecule has 66 valence electrons. The fraction of sp³-hybridized carbons (Fsp3) is 0.455. The Labute approximate surface area is 77.5 Å². The summed E-state index contributed by atoms with van der Waals surface area (Å²) in [6.45, 7) is 12.6. The topological polar surface area (TPSA) is 0 Å². The molecule has 1 heteroatoms. The van der Waals surface area contributed by atoms with E-state index < -0.39 is 0 Å². The van der Waals surface area contributed by atoms with Gasteiger partial charge in [-0.05, 0) is 12.3 Å². The van der Waals surface area contributed by atoms with Crippen LogP contribution >= 0.6 is 0 Å². The molecule has 0 amide bonds. The Morgan fingerprint density at radius 2 is 1.83 bits per heavy atom. The van der Waals surface area contributed by atoms with Crippen molar-refractivity contribution in [2.45, 2.75) is 27.7 Å². The van der Waals surface area contributed by atoms with E-state index in [1.807, 2.05) is 13.9 Å². The third-order valence-electron chi connectivity index (χ3n) is 1.91. The molecule has 0 atom stereocenters. The van der Waals surface area contributed by atoms with Crippen LogP contribution in [0.1, 0.15) is 27.7 Å². The van der Waals surface area contributed by atoms with E-state index in [0.717, 1.165) is 5.47 Å². The fourth-order valence-corrected chi connectivity index (χ4v) is 0.607. The molecule has 0 unspecified atom stereocenters. The summed E-state index contributed by atoms with van der Waals surface area (Å²) in [5, 5.41) is 0. The van der Waals surface area contributed by atoms with Gasteiger partial charge in [0.05, 0.1) is 0 Å². The van der Waals surface area contributed by atoms with Gasteiger partial charge in [0.15, 0.2) is 0 Å². The Morgan fingerprint density at radius 3 is 2.17 bits per heavy atom. The van der Waals surface area contributed by atoms with Crippen molar-refractivity contribution in [1.29, 1.82) is 0 Å². The molecule has 0 aliphatic carbocycles. The highest BCUT2D eigenvalue weighted by molar-refractivity contribution is 6.23. The van der Waals surface area contributed by atoms with Gasteiger partial charge in [0.2, 0.25) is 0 Å². The first kappa shape index (κ1) is 11.3. The van der Waals surface area contributed by atoms with Crippen LogP contribution in [-0.2, 0) is 0 Å². The van der Waals surface area contributed by atoms with E-state index in [1.165, 1.54) is 5.57 Å². The molecular formula is C11H19B. The molecule has 0 aromatic heterocycles. The standard InChI is InChI=1S/C11H19B/c1-9(11(3,4)5)7-6-8-10(2)12/h6-8H,2,12H2,1,3-5H3/b8-6-,9-7+. The zero-order valence-corrected chi connectivity index (χ0v) is 8.94. The van der Waals surface area contributed by atoms with Crippen molar-refractivity contribution in [2.75, 3.05) is 0 Å². The number of hydrogen-bond donors (Lipinski definition) is 0. The van der Waals surface area contributed by atoms with Crippen molar-refractivity contribution in [3.63, 3.8) is 0 Å². The van der Waals surface area contributed by atoms with Crippen molar-refractivity contribution in [1.82, 2.24) is 0 Å². The zero-order valence-electron chi connectivity index (χ0n) is 8.94. The maximum atomic E-state index is 3.80. The first-order chi connectivity index (χ1) is 5.34. The smallest absolute Gasteiger partial charge is 0.105 e. The van der Waals surface area contributed by atoms with Crippen LogP contribution in [0, 0.1) is 5.41 Å². The Morgan fingerprint density at radius 1 is 1.33 bits per heavy atom. The minimum absolute atomic E-state index is 0.277. The van der Waals surface area contributed by atoms with Crippen LogP contribution < -0.4 is 0 Å². The predicted molar refractivity (Wildman–Crippen MR) is 60.0 cm³/mol. The lowest BCUT2D eigenvalue weighted by Crippen LogP contribution is -2.05. The number of hydrogen-bond acceptors (Lipinski definition) is 0. The highest BCUT2D eigenvalue weighted by Crippen LogP contribution is 2.23. The normalized spacial score (nSPS) is 13.8. The molecule has 0 saturated heterocycles. The maximum Gasteiger partial charge on any atom is 0.138 e. The van der Waals surface area contributed by atoms with Gasteiger partial charge in [-0.15, -0.1) is 6.58 Å². The molecular weight excluding hydrogens is 143 g/mol. The van der Waals surface area contributed by atoms with Crippen LogP contribution in [0.2, 0.25) is 0 Å². The van der Waals surface area contributed by atoms with E-state index in [4.69, 9.17) is 0 Å². The molecule has 0 spiro atoms. The third-order valence-corrected chi connectivity index (χ3v) is 1.91. The molecule has 0 heterocycles. The van der Waals surface area contributed by atoms with Crippen LogP contribution in [-0.4, -0.2) is 7.85 Å². The van der Waals surface area contributed by atoms with Gasteiger partial charge in [-0.1, -0.05) is 50.0 Å². The van der Waals surface area contributed by atoms with Crippen LogP contribution in [0.15, 0.2) is 35.9 Å².